The van der Waals surface area contributed by atoms with Gasteiger partial charge >= 0.3 is 24.1 Å². The van der Waals surface area contributed by atoms with Crippen LogP contribution in [0.25, 0.3) is 0 Å². The molecule has 77 heavy (non-hydrogen) atoms. The maximum Gasteiger partial charge on any atom is 0.410 e. The second kappa shape index (κ2) is 37.0. The van der Waals surface area contributed by atoms with Crippen LogP contribution in [0.2, 0.25) is 0 Å². The number of nitrogens with two attached hydrogens (primary N) is 2. The van der Waals surface area contributed by atoms with Gasteiger partial charge in [0.15, 0.2) is 30.2 Å². The van der Waals surface area contributed by atoms with E-state index in [4.69, 9.17) is 69.7 Å². The molecule has 2 rings (SSSR count). The van der Waals surface area contributed by atoms with E-state index in [9.17, 15) is 54.6 Å². The van der Waals surface area contributed by atoms with Gasteiger partial charge in [0.1, 0.15) is 18.3 Å². The van der Waals surface area contributed by atoms with Gasteiger partial charge in [-0.2, -0.15) is 0 Å². The number of guanidine groups is 2. The number of carbonyl (C=O) groups is 5. The molecule has 442 valence electrons. The van der Waals surface area contributed by atoms with Crippen LogP contribution in [0, 0.1) is 16.7 Å². The lowest BCUT2D eigenvalue weighted by molar-refractivity contribution is -0.148. The molecule has 0 aromatic heterocycles. The van der Waals surface area contributed by atoms with Crippen LogP contribution in [-0.2, 0) is 61.8 Å². The number of carboxylic acid groups (broad SMARTS) is 2. The van der Waals surface area contributed by atoms with Crippen molar-refractivity contribution in [2.75, 3.05) is 139 Å². The van der Waals surface area contributed by atoms with Crippen molar-refractivity contribution in [3.8, 4) is 0 Å². The highest BCUT2D eigenvalue weighted by molar-refractivity contribution is 5.86. The molecule has 3 amide bonds. The van der Waals surface area contributed by atoms with E-state index in [0.29, 0.717) is 72.5 Å². The van der Waals surface area contributed by atoms with E-state index in [1.807, 2.05) is 11.8 Å². The molecule has 0 aromatic carbocycles. The largest absolute Gasteiger partial charge is 0.479 e. The molecular weight excluding hydrogens is 1030 g/mol. The molecule has 15 N–H and O–H groups in total. The number of hydrogen-bond acceptors (Lipinski definition) is 22. The number of carbonyl (C=O) groups excluding carboxylic acids is 3. The molecule has 0 bridgehead atoms. The number of ether oxygens (including phenoxy) is 10. The molecule has 10 atom stereocenters. The Morgan fingerprint density at radius 3 is 1.38 bits per heavy atom. The summed E-state index contributed by atoms with van der Waals surface area (Å²) in [4.78, 5) is 66.8. The smallest absolute Gasteiger partial charge is 0.410 e. The van der Waals surface area contributed by atoms with Gasteiger partial charge in [-0.3, -0.25) is 20.5 Å². The van der Waals surface area contributed by atoms with Gasteiger partial charge in [-0.15, -0.1) is 0 Å². The SMILES string of the molecule is CCCOCCOCCOCCOCCN(CCOCCN(C)C(=O)O[C@@H]([C@@H]1OC(C(=O)O)=C[C@H](NC(=N)N)[C@H]1C)[C@H](O)CO)CCOCCN(C)C(=O)O[C@@H]([C@@H]1OC(C(=O)O)=C[C@H](NC(=N)N)[C@H]1NC(C)=O)[C@H](O)CO. The normalized spacial score (nSPS) is 20.6. The van der Waals surface area contributed by atoms with Gasteiger partial charge in [0.25, 0.3) is 0 Å². The summed E-state index contributed by atoms with van der Waals surface area (Å²) < 4.78 is 56.2. The minimum absolute atomic E-state index is 0.00482. The zero-order valence-corrected chi connectivity index (χ0v) is 44.4. The lowest BCUT2D eigenvalue weighted by Gasteiger charge is -2.41. The number of nitrogens with one attached hydrogen (secondary N) is 5. The molecule has 0 aromatic rings. The van der Waals surface area contributed by atoms with Gasteiger partial charge in [0, 0.05) is 66.3 Å². The molecule has 0 unspecified atom stereocenters. The average Bonchev–Trinajstić information content (AvgIpc) is 3.38. The Labute approximate surface area is 446 Å². The second-order valence-corrected chi connectivity index (χ2v) is 17.6. The molecule has 0 fully saturated rings. The van der Waals surface area contributed by atoms with Crippen LogP contribution in [0.3, 0.4) is 0 Å². The maximum absolute atomic E-state index is 13.4. The first-order valence-corrected chi connectivity index (χ1v) is 25.0. The summed E-state index contributed by atoms with van der Waals surface area (Å²) in [6, 6.07) is -3.28. The monoisotopic (exact) mass is 1110 g/mol. The maximum atomic E-state index is 13.4. The van der Waals surface area contributed by atoms with Crippen molar-refractivity contribution in [3.63, 3.8) is 0 Å². The molecule has 0 radical (unpaired) electrons. The summed E-state index contributed by atoms with van der Waals surface area (Å²) in [5.74, 6) is -6.58. The van der Waals surface area contributed by atoms with Crippen LogP contribution in [0.4, 0.5) is 9.59 Å². The molecule has 2 aliphatic heterocycles. The number of aliphatic hydroxyl groups is 4. The van der Waals surface area contributed by atoms with Crippen LogP contribution in [0.5, 0.6) is 0 Å². The topological polar surface area (TPSA) is 445 Å². The first-order valence-electron chi connectivity index (χ1n) is 25.0. The third-order valence-electron chi connectivity index (χ3n) is 11.6. The summed E-state index contributed by atoms with van der Waals surface area (Å²) in [5.41, 5.74) is 11.0. The van der Waals surface area contributed by atoms with E-state index >= 15 is 0 Å². The molecule has 0 saturated carbocycles. The minimum Gasteiger partial charge on any atom is -0.479 e. The number of rotatable bonds is 39. The number of aliphatic hydroxyl groups excluding tert-OH is 4. The fourth-order valence-corrected chi connectivity index (χ4v) is 7.46. The van der Waals surface area contributed by atoms with Gasteiger partial charge in [-0.1, -0.05) is 13.8 Å². The van der Waals surface area contributed by atoms with Crippen molar-refractivity contribution in [2.24, 2.45) is 17.4 Å². The fourth-order valence-electron chi connectivity index (χ4n) is 7.46. The summed E-state index contributed by atoms with van der Waals surface area (Å²) >= 11 is 0. The van der Waals surface area contributed by atoms with Crippen molar-refractivity contribution in [1.29, 1.82) is 10.8 Å². The number of likely N-dealkylation sites (N-methyl/N-ethyl adjacent to an activating group) is 2. The first-order chi connectivity index (χ1) is 36.6. The molecular formula is C46H82N10O21. The molecule has 0 saturated heterocycles. The fraction of sp³-hybridized carbons (Fsp3) is 0.761. The van der Waals surface area contributed by atoms with E-state index in [-0.39, 0.29) is 39.5 Å². The van der Waals surface area contributed by atoms with E-state index in [1.165, 1.54) is 20.2 Å². The van der Waals surface area contributed by atoms with Crippen LogP contribution in [0.15, 0.2) is 23.7 Å². The van der Waals surface area contributed by atoms with E-state index in [1.54, 1.807) is 6.92 Å². The number of nitrogens with zero attached hydrogens (tertiary/aromatic N) is 3. The van der Waals surface area contributed by atoms with Gasteiger partial charge in [0.05, 0.1) is 104 Å². The van der Waals surface area contributed by atoms with E-state index in [0.717, 1.165) is 29.2 Å². The van der Waals surface area contributed by atoms with Crippen LogP contribution < -0.4 is 27.4 Å². The average molecular weight is 1110 g/mol. The number of carboxylic acids is 2. The molecule has 0 aliphatic carbocycles. The Hall–Kier alpha value is -5.87. The third-order valence-corrected chi connectivity index (χ3v) is 11.6. The Morgan fingerprint density at radius 2 is 0.974 bits per heavy atom. The molecule has 2 aliphatic rings. The minimum atomic E-state index is -1.82. The Kier molecular flexibility index (Phi) is 32.3. The second-order valence-electron chi connectivity index (χ2n) is 17.6. The van der Waals surface area contributed by atoms with E-state index in [2.05, 4.69) is 16.0 Å². The zero-order valence-electron chi connectivity index (χ0n) is 44.4. The van der Waals surface area contributed by atoms with Gasteiger partial charge < -0.3 is 115 Å². The van der Waals surface area contributed by atoms with E-state index < -0.39 is 127 Å². The van der Waals surface area contributed by atoms with Crippen molar-refractivity contribution in [3.05, 3.63) is 23.7 Å². The van der Waals surface area contributed by atoms with Crippen molar-refractivity contribution in [1.82, 2.24) is 30.7 Å². The summed E-state index contributed by atoms with van der Waals surface area (Å²) in [6.07, 6.45) is -8.43. The van der Waals surface area contributed by atoms with Crippen LogP contribution >= 0.6 is 0 Å². The molecule has 31 nitrogen and oxygen atoms in total. The summed E-state index contributed by atoms with van der Waals surface area (Å²) in [5, 5.41) is 83.4. The standard InChI is InChI=1S/C46H82N10O21/c1-6-12-68-18-20-72-22-23-73-21-19-71-17-11-56(9-15-69-13-7-54(4)45(66)76-38(32(60)26-57)37-28(2)30(52-43(47)48)24-34(74-37)41(62)63)10-16-70-14-8-55(5)46(67)77-39(33(61)27-58)40-36(51-29(3)59)31(53-44(49)50)25-35(75-40)42(64)65/h24-25,28,30-33,36-40,57-58,60-61H,6-23,26-27H2,1-5H3,(H,51,59)(H,62,63)(H,64,65)(H4,47,48,52)(H4,49,50,53)/t28-,30+,31+,32-,33-,36-,37-,38-,39-,40-/m1/s1. The van der Waals surface area contributed by atoms with Gasteiger partial charge in [0.2, 0.25) is 17.4 Å². The van der Waals surface area contributed by atoms with Crippen molar-refractivity contribution < 1.29 is 102 Å². The van der Waals surface area contributed by atoms with Gasteiger partial charge in [-0.05, 0) is 18.6 Å². The highest BCUT2D eigenvalue weighted by atomic mass is 16.6. The highest BCUT2D eigenvalue weighted by Crippen LogP contribution is 2.30. The Bertz CT molecular complexity index is 1890. The first kappa shape index (κ1) is 67.2. The number of aliphatic carboxylic acids is 2. The van der Waals surface area contributed by atoms with Crippen LogP contribution in [-0.4, -0.2) is 281 Å². The third kappa shape index (κ3) is 25.4. The lowest BCUT2D eigenvalue weighted by Crippen LogP contribution is -2.65. The quantitative estimate of drug-likeness (QED) is 0.0158. The highest BCUT2D eigenvalue weighted by Gasteiger charge is 2.47. The van der Waals surface area contributed by atoms with Crippen molar-refractivity contribution in [2.45, 2.75) is 81.9 Å². The summed E-state index contributed by atoms with van der Waals surface area (Å²) in [7, 11) is 2.77. The van der Waals surface area contributed by atoms with Gasteiger partial charge in [-0.25, -0.2) is 19.2 Å². The van der Waals surface area contributed by atoms with Crippen molar-refractivity contribution >= 4 is 42.0 Å². The Morgan fingerprint density at radius 1 is 0.610 bits per heavy atom. The number of hydrogen-bond donors (Lipinski definition) is 13. The molecule has 0 spiro atoms. The predicted molar refractivity (Wildman–Crippen MR) is 269 cm³/mol. The molecule has 2 heterocycles. The predicted octanol–water partition coefficient (Wildman–Crippen LogP) is -4.04. The zero-order chi connectivity index (χ0) is 57.5. The van der Waals surface area contributed by atoms with Crippen LogP contribution in [0.1, 0.15) is 27.2 Å². The lowest BCUT2D eigenvalue weighted by atomic mass is 9.87. The summed E-state index contributed by atoms with van der Waals surface area (Å²) in [6.45, 7) is 7.88. The Balaban J connectivity index is 2.01. The number of amides is 3. The molecule has 31 heteroatoms.